The number of nitrogens with one attached hydrogen (secondary N) is 1. The predicted molar refractivity (Wildman–Crippen MR) is 52.6 cm³/mol. The number of hydrogen-bond acceptors (Lipinski definition) is 3. The van der Waals surface area contributed by atoms with Gasteiger partial charge in [-0.2, -0.15) is 0 Å². The van der Waals surface area contributed by atoms with Crippen molar-refractivity contribution in [3.05, 3.63) is 0 Å². The molecule has 3 nitrogen and oxygen atoms in total. The van der Waals surface area contributed by atoms with E-state index in [0.717, 1.165) is 19.1 Å². The fraction of sp³-hybridized carbons (Fsp3) is 1.00. The molecule has 1 saturated heterocycles. The molecule has 1 aliphatic heterocycles. The van der Waals surface area contributed by atoms with Crippen molar-refractivity contribution in [1.82, 2.24) is 5.32 Å². The summed E-state index contributed by atoms with van der Waals surface area (Å²) in [5.41, 5.74) is -0.0986. The van der Waals surface area contributed by atoms with Gasteiger partial charge < -0.3 is 14.8 Å². The lowest BCUT2D eigenvalue weighted by Crippen LogP contribution is -2.54. The van der Waals surface area contributed by atoms with Crippen LogP contribution in [0.1, 0.15) is 27.7 Å². The molecule has 0 aromatic heterocycles. The molecule has 1 rings (SSSR count). The van der Waals surface area contributed by atoms with Crippen LogP contribution in [0.3, 0.4) is 0 Å². The normalized spacial score (nSPS) is 28.6. The van der Waals surface area contributed by atoms with Gasteiger partial charge in [0.05, 0.1) is 12.2 Å². The molecular weight excluding hydrogens is 166 g/mol. The minimum Gasteiger partial charge on any atom is -0.354 e. The third kappa shape index (κ3) is 4.07. The third-order valence-electron chi connectivity index (χ3n) is 2.26. The smallest absolute Gasteiger partial charge is 0.147 e. The number of ether oxygens (including phenoxy) is 2. The maximum Gasteiger partial charge on any atom is 0.147 e. The molecule has 0 amide bonds. The van der Waals surface area contributed by atoms with E-state index in [2.05, 4.69) is 12.2 Å². The molecule has 1 aliphatic rings. The highest BCUT2D eigenvalue weighted by Gasteiger charge is 2.25. The van der Waals surface area contributed by atoms with Gasteiger partial charge in [0.1, 0.15) is 6.79 Å². The van der Waals surface area contributed by atoms with Gasteiger partial charge in [-0.1, -0.05) is 6.92 Å². The van der Waals surface area contributed by atoms with Crippen LogP contribution in [-0.2, 0) is 9.47 Å². The largest absolute Gasteiger partial charge is 0.354 e. The summed E-state index contributed by atoms with van der Waals surface area (Å²) in [6.07, 6.45) is 0. The topological polar surface area (TPSA) is 30.5 Å². The number of hydrogen-bond donors (Lipinski definition) is 1. The Morgan fingerprint density at radius 3 is 2.46 bits per heavy atom. The van der Waals surface area contributed by atoms with E-state index < -0.39 is 0 Å². The molecule has 1 fully saturated rings. The van der Waals surface area contributed by atoms with Gasteiger partial charge in [-0.05, 0) is 33.2 Å². The summed E-state index contributed by atoms with van der Waals surface area (Å²) in [4.78, 5) is 0. The first-order valence-electron chi connectivity index (χ1n) is 4.94. The molecule has 0 saturated carbocycles. The first kappa shape index (κ1) is 11.0. The maximum absolute atomic E-state index is 5.43. The third-order valence-corrected chi connectivity index (χ3v) is 2.26. The molecule has 3 heteroatoms. The van der Waals surface area contributed by atoms with Crippen LogP contribution in [0, 0.1) is 5.92 Å². The first-order valence-corrected chi connectivity index (χ1v) is 4.94. The van der Waals surface area contributed by atoms with E-state index in [4.69, 9.17) is 9.47 Å². The lowest BCUT2D eigenvalue weighted by molar-refractivity contribution is -0.128. The minimum absolute atomic E-state index is 0.0986. The highest BCUT2D eigenvalue weighted by atomic mass is 16.7. The fourth-order valence-corrected chi connectivity index (χ4v) is 1.14. The zero-order valence-corrected chi connectivity index (χ0v) is 9.09. The van der Waals surface area contributed by atoms with Crippen LogP contribution < -0.4 is 5.32 Å². The summed E-state index contributed by atoms with van der Waals surface area (Å²) in [7, 11) is 0. The standard InChI is InChI=1S/C10H21NO2/c1-8-5-11-9(8)6-12-7-13-10(2,3)4/h8-9,11H,5-7H2,1-4H3/t8-,9?/m0/s1. The lowest BCUT2D eigenvalue weighted by atomic mass is 9.95. The monoisotopic (exact) mass is 187 g/mol. The quantitative estimate of drug-likeness (QED) is 0.533. The highest BCUT2D eigenvalue weighted by molar-refractivity contribution is 4.84. The Morgan fingerprint density at radius 1 is 1.38 bits per heavy atom. The molecule has 0 aliphatic carbocycles. The van der Waals surface area contributed by atoms with Crippen molar-refractivity contribution in [3.63, 3.8) is 0 Å². The van der Waals surface area contributed by atoms with Gasteiger partial charge in [0, 0.05) is 6.04 Å². The highest BCUT2D eigenvalue weighted by Crippen LogP contribution is 2.12. The van der Waals surface area contributed by atoms with Gasteiger partial charge in [0.25, 0.3) is 0 Å². The molecule has 0 aromatic carbocycles. The van der Waals surface area contributed by atoms with E-state index in [0.29, 0.717) is 12.8 Å². The van der Waals surface area contributed by atoms with E-state index in [1.807, 2.05) is 20.8 Å². The molecule has 0 radical (unpaired) electrons. The van der Waals surface area contributed by atoms with Crippen molar-refractivity contribution in [2.45, 2.75) is 39.3 Å². The molecule has 0 aromatic rings. The molecule has 78 valence electrons. The first-order chi connectivity index (χ1) is 5.99. The molecular formula is C10H21NO2. The van der Waals surface area contributed by atoms with E-state index in [1.54, 1.807) is 0 Å². The zero-order chi connectivity index (χ0) is 9.90. The predicted octanol–water partition coefficient (Wildman–Crippen LogP) is 1.38. The van der Waals surface area contributed by atoms with Crippen LogP contribution >= 0.6 is 0 Å². The molecule has 0 spiro atoms. The summed E-state index contributed by atoms with van der Waals surface area (Å²) in [5.74, 6) is 0.745. The Hall–Kier alpha value is -0.120. The van der Waals surface area contributed by atoms with Crippen LogP contribution in [0.25, 0.3) is 0 Å². The van der Waals surface area contributed by atoms with E-state index in [9.17, 15) is 0 Å². The Balaban J connectivity index is 1.95. The summed E-state index contributed by atoms with van der Waals surface area (Å²) in [6.45, 7) is 10.6. The molecule has 13 heavy (non-hydrogen) atoms. The second-order valence-electron chi connectivity index (χ2n) is 4.74. The van der Waals surface area contributed by atoms with Gasteiger partial charge >= 0.3 is 0 Å². The summed E-state index contributed by atoms with van der Waals surface area (Å²) < 4.78 is 10.8. The van der Waals surface area contributed by atoms with Gasteiger partial charge in [0.15, 0.2) is 0 Å². The fourth-order valence-electron chi connectivity index (χ4n) is 1.14. The lowest BCUT2D eigenvalue weighted by Gasteiger charge is -2.35. The Kier molecular flexibility index (Phi) is 3.71. The van der Waals surface area contributed by atoms with Crippen molar-refractivity contribution in [2.75, 3.05) is 19.9 Å². The van der Waals surface area contributed by atoms with Crippen LogP contribution in [-0.4, -0.2) is 31.6 Å². The van der Waals surface area contributed by atoms with Crippen molar-refractivity contribution >= 4 is 0 Å². The van der Waals surface area contributed by atoms with Crippen LogP contribution in [0.5, 0.6) is 0 Å². The zero-order valence-electron chi connectivity index (χ0n) is 9.09. The molecule has 1 unspecified atom stereocenters. The maximum atomic E-state index is 5.43. The van der Waals surface area contributed by atoms with E-state index >= 15 is 0 Å². The summed E-state index contributed by atoms with van der Waals surface area (Å²) in [6, 6.07) is 0.531. The van der Waals surface area contributed by atoms with Crippen LogP contribution in [0.15, 0.2) is 0 Å². The Morgan fingerprint density at radius 2 is 2.08 bits per heavy atom. The molecule has 1 heterocycles. The van der Waals surface area contributed by atoms with E-state index in [1.165, 1.54) is 0 Å². The van der Waals surface area contributed by atoms with Crippen molar-refractivity contribution < 1.29 is 9.47 Å². The van der Waals surface area contributed by atoms with Crippen LogP contribution in [0.2, 0.25) is 0 Å². The average Bonchev–Trinajstić information content (AvgIpc) is 1.99. The molecule has 2 atom stereocenters. The molecule has 0 bridgehead atoms. The van der Waals surface area contributed by atoms with Crippen molar-refractivity contribution in [1.29, 1.82) is 0 Å². The Labute approximate surface area is 80.8 Å². The van der Waals surface area contributed by atoms with Crippen molar-refractivity contribution in [2.24, 2.45) is 5.92 Å². The van der Waals surface area contributed by atoms with Gasteiger partial charge in [-0.3, -0.25) is 0 Å². The van der Waals surface area contributed by atoms with Crippen molar-refractivity contribution in [3.8, 4) is 0 Å². The summed E-state index contributed by atoms with van der Waals surface area (Å²) >= 11 is 0. The van der Waals surface area contributed by atoms with Gasteiger partial charge in [0.2, 0.25) is 0 Å². The second-order valence-corrected chi connectivity index (χ2v) is 4.74. The average molecular weight is 187 g/mol. The van der Waals surface area contributed by atoms with Gasteiger partial charge in [-0.25, -0.2) is 0 Å². The second kappa shape index (κ2) is 4.40. The summed E-state index contributed by atoms with van der Waals surface area (Å²) in [5, 5.41) is 3.31. The SMILES string of the molecule is C[C@H]1CNC1COCOC(C)(C)C. The number of rotatable bonds is 4. The molecule has 1 N–H and O–H groups in total. The van der Waals surface area contributed by atoms with Gasteiger partial charge in [-0.15, -0.1) is 0 Å². The Bertz CT molecular complexity index is 153. The van der Waals surface area contributed by atoms with E-state index in [-0.39, 0.29) is 5.60 Å². The van der Waals surface area contributed by atoms with Crippen LogP contribution in [0.4, 0.5) is 0 Å². The minimum atomic E-state index is -0.0986.